The molecule has 0 aliphatic carbocycles. The Balaban J connectivity index is 2.40. The summed E-state index contributed by atoms with van der Waals surface area (Å²) < 4.78 is 5.58. The Morgan fingerprint density at radius 3 is 2.39 bits per heavy atom. The Bertz CT molecular complexity index is 344. The molecule has 0 aliphatic heterocycles. The highest BCUT2D eigenvalue weighted by atomic mass is 16.5. The highest BCUT2D eigenvalue weighted by molar-refractivity contribution is 5.27. The lowest BCUT2D eigenvalue weighted by Crippen LogP contribution is -2.36. The molecule has 18 heavy (non-hydrogen) atoms. The van der Waals surface area contributed by atoms with Crippen molar-refractivity contribution in [3.8, 4) is 5.75 Å². The first kappa shape index (κ1) is 15.0. The zero-order valence-corrected chi connectivity index (χ0v) is 11.9. The fourth-order valence-corrected chi connectivity index (χ4v) is 1.56. The maximum Gasteiger partial charge on any atom is 0.119 e. The largest absolute Gasteiger partial charge is 0.491 e. The second-order valence-corrected chi connectivity index (χ2v) is 5.26. The van der Waals surface area contributed by atoms with Crippen molar-refractivity contribution in [3.05, 3.63) is 29.8 Å². The van der Waals surface area contributed by atoms with E-state index >= 15 is 0 Å². The fraction of sp³-hybridized carbons (Fsp3) is 0.600. The average Bonchev–Trinajstić information content (AvgIpc) is 2.30. The van der Waals surface area contributed by atoms with E-state index in [1.165, 1.54) is 5.56 Å². The van der Waals surface area contributed by atoms with Crippen LogP contribution in [0.4, 0.5) is 0 Å². The van der Waals surface area contributed by atoms with Crippen molar-refractivity contribution in [1.82, 2.24) is 5.32 Å². The van der Waals surface area contributed by atoms with Crippen LogP contribution >= 0.6 is 0 Å². The predicted molar refractivity (Wildman–Crippen MR) is 74.8 cm³/mol. The van der Waals surface area contributed by atoms with Crippen LogP contribution in [0, 0.1) is 0 Å². The molecule has 102 valence electrons. The molecule has 0 heterocycles. The van der Waals surface area contributed by atoms with Gasteiger partial charge in [0, 0.05) is 13.1 Å². The van der Waals surface area contributed by atoms with E-state index < -0.39 is 5.60 Å². The van der Waals surface area contributed by atoms with Crippen molar-refractivity contribution >= 4 is 0 Å². The summed E-state index contributed by atoms with van der Waals surface area (Å²) >= 11 is 0. The van der Waals surface area contributed by atoms with Crippen LogP contribution < -0.4 is 10.1 Å². The minimum absolute atomic E-state index is 0.202. The lowest BCUT2D eigenvalue weighted by Gasteiger charge is -2.21. The molecule has 0 saturated carbocycles. The number of ether oxygens (including phenoxy) is 1. The van der Waals surface area contributed by atoms with Gasteiger partial charge in [0.05, 0.1) is 11.7 Å². The Morgan fingerprint density at radius 2 is 1.89 bits per heavy atom. The molecular weight excluding hydrogens is 226 g/mol. The Hall–Kier alpha value is -1.06. The molecule has 3 nitrogen and oxygen atoms in total. The van der Waals surface area contributed by atoms with Crippen LogP contribution in [0.25, 0.3) is 0 Å². The summed E-state index contributed by atoms with van der Waals surface area (Å²) in [4.78, 5) is 0. The zero-order valence-electron chi connectivity index (χ0n) is 11.9. The van der Waals surface area contributed by atoms with Crippen LogP contribution in [-0.4, -0.2) is 23.4 Å². The van der Waals surface area contributed by atoms with E-state index in [-0.39, 0.29) is 6.10 Å². The van der Waals surface area contributed by atoms with Gasteiger partial charge in [0.1, 0.15) is 5.75 Å². The molecule has 3 heteroatoms. The van der Waals surface area contributed by atoms with Crippen LogP contribution in [0.15, 0.2) is 24.3 Å². The fourth-order valence-electron chi connectivity index (χ4n) is 1.56. The van der Waals surface area contributed by atoms with Gasteiger partial charge in [-0.15, -0.1) is 0 Å². The van der Waals surface area contributed by atoms with Gasteiger partial charge in [0.15, 0.2) is 0 Å². The van der Waals surface area contributed by atoms with Crippen molar-refractivity contribution in [2.45, 2.75) is 52.4 Å². The number of aliphatic hydroxyl groups is 1. The first-order chi connectivity index (χ1) is 8.43. The maximum absolute atomic E-state index is 9.86. The van der Waals surface area contributed by atoms with Gasteiger partial charge >= 0.3 is 0 Å². The SMILES string of the molecule is CCC(C)(O)CNCc1ccc(OC(C)C)cc1. The number of hydrogen-bond donors (Lipinski definition) is 2. The van der Waals surface area contributed by atoms with E-state index in [9.17, 15) is 5.11 Å². The van der Waals surface area contributed by atoms with E-state index in [0.29, 0.717) is 6.54 Å². The van der Waals surface area contributed by atoms with Crippen molar-refractivity contribution in [1.29, 1.82) is 0 Å². The number of hydrogen-bond acceptors (Lipinski definition) is 3. The third-order valence-electron chi connectivity index (χ3n) is 2.89. The molecule has 1 atom stereocenters. The minimum Gasteiger partial charge on any atom is -0.491 e. The van der Waals surface area contributed by atoms with Crippen molar-refractivity contribution in [2.75, 3.05) is 6.54 Å². The van der Waals surface area contributed by atoms with Crippen LogP contribution in [0.2, 0.25) is 0 Å². The van der Waals surface area contributed by atoms with E-state index in [1.807, 2.05) is 52.0 Å². The number of benzene rings is 1. The van der Waals surface area contributed by atoms with Crippen molar-refractivity contribution < 1.29 is 9.84 Å². The second-order valence-electron chi connectivity index (χ2n) is 5.26. The summed E-state index contributed by atoms with van der Waals surface area (Å²) in [6.07, 6.45) is 0.954. The van der Waals surface area contributed by atoms with Gasteiger partial charge in [-0.25, -0.2) is 0 Å². The molecule has 1 aromatic carbocycles. The van der Waals surface area contributed by atoms with Gasteiger partial charge in [-0.3, -0.25) is 0 Å². The van der Waals surface area contributed by atoms with E-state index in [0.717, 1.165) is 18.7 Å². The summed E-state index contributed by atoms with van der Waals surface area (Å²) in [7, 11) is 0. The average molecular weight is 251 g/mol. The molecule has 0 bridgehead atoms. The molecule has 0 aromatic heterocycles. The highest BCUT2D eigenvalue weighted by Crippen LogP contribution is 2.14. The zero-order chi connectivity index (χ0) is 13.6. The summed E-state index contributed by atoms with van der Waals surface area (Å²) in [5, 5.41) is 13.1. The van der Waals surface area contributed by atoms with Crippen LogP contribution in [-0.2, 0) is 6.54 Å². The molecule has 0 fully saturated rings. The third-order valence-corrected chi connectivity index (χ3v) is 2.89. The second kappa shape index (κ2) is 6.76. The normalized spacial score (nSPS) is 14.6. The number of nitrogens with one attached hydrogen (secondary N) is 1. The molecular formula is C15H25NO2. The molecule has 0 saturated heterocycles. The molecule has 0 radical (unpaired) electrons. The van der Waals surface area contributed by atoms with Crippen LogP contribution in [0.3, 0.4) is 0 Å². The van der Waals surface area contributed by atoms with E-state index in [1.54, 1.807) is 0 Å². The lowest BCUT2D eigenvalue weighted by molar-refractivity contribution is 0.0555. The molecule has 1 unspecified atom stereocenters. The van der Waals surface area contributed by atoms with Crippen molar-refractivity contribution in [3.63, 3.8) is 0 Å². The van der Waals surface area contributed by atoms with Gasteiger partial charge in [-0.1, -0.05) is 19.1 Å². The lowest BCUT2D eigenvalue weighted by atomic mass is 10.0. The maximum atomic E-state index is 9.86. The summed E-state index contributed by atoms with van der Waals surface area (Å²) in [6.45, 7) is 9.23. The van der Waals surface area contributed by atoms with Gasteiger partial charge in [0.25, 0.3) is 0 Å². The van der Waals surface area contributed by atoms with Crippen LogP contribution in [0.5, 0.6) is 5.75 Å². The monoisotopic (exact) mass is 251 g/mol. The smallest absolute Gasteiger partial charge is 0.119 e. The van der Waals surface area contributed by atoms with Gasteiger partial charge in [-0.2, -0.15) is 0 Å². The topological polar surface area (TPSA) is 41.5 Å². The molecule has 1 rings (SSSR count). The third kappa shape index (κ3) is 5.52. The highest BCUT2D eigenvalue weighted by Gasteiger charge is 2.16. The van der Waals surface area contributed by atoms with Crippen LogP contribution in [0.1, 0.15) is 39.7 Å². The van der Waals surface area contributed by atoms with Gasteiger partial charge < -0.3 is 15.2 Å². The molecule has 2 N–H and O–H groups in total. The summed E-state index contributed by atoms with van der Waals surface area (Å²) in [6, 6.07) is 8.06. The first-order valence-corrected chi connectivity index (χ1v) is 6.61. The minimum atomic E-state index is -0.624. The summed E-state index contributed by atoms with van der Waals surface area (Å²) in [5.74, 6) is 0.898. The Morgan fingerprint density at radius 1 is 1.28 bits per heavy atom. The molecule has 0 aliphatic rings. The van der Waals surface area contributed by atoms with Crippen molar-refractivity contribution in [2.24, 2.45) is 0 Å². The number of rotatable bonds is 7. The standard InChI is InChI=1S/C15H25NO2/c1-5-15(4,17)11-16-10-13-6-8-14(9-7-13)18-12(2)3/h6-9,12,16-17H,5,10-11H2,1-4H3. The molecule has 0 spiro atoms. The molecule has 1 aromatic rings. The summed E-state index contributed by atoms with van der Waals surface area (Å²) in [5.41, 5.74) is 0.568. The predicted octanol–water partition coefficient (Wildman–Crippen LogP) is 2.72. The Kier molecular flexibility index (Phi) is 5.63. The quantitative estimate of drug-likeness (QED) is 0.783. The van der Waals surface area contributed by atoms with Gasteiger partial charge in [0.2, 0.25) is 0 Å². The van der Waals surface area contributed by atoms with E-state index in [4.69, 9.17) is 4.74 Å². The van der Waals surface area contributed by atoms with Gasteiger partial charge in [-0.05, 0) is 44.9 Å². The molecule has 0 amide bonds. The Labute approximate surface area is 110 Å². The van der Waals surface area contributed by atoms with E-state index in [2.05, 4.69) is 5.32 Å². The first-order valence-electron chi connectivity index (χ1n) is 6.61.